The van der Waals surface area contributed by atoms with Gasteiger partial charge in [-0.3, -0.25) is 4.90 Å². The monoisotopic (exact) mass is 456 g/mol. The molecule has 8 heteroatoms. The number of hydrogen-bond acceptors (Lipinski definition) is 4. The molecular weight excluding hydrogens is 424 g/mol. The van der Waals surface area contributed by atoms with Crippen LogP contribution >= 0.6 is 0 Å². The number of anilines is 2. The fraction of sp³-hybridized carbons (Fsp3) is 0.458. The van der Waals surface area contributed by atoms with E-state index in [2.05, 4.69) is 42.3 Å². The molecule has 32 heavy (non-hydrogen) atoms. The van der Waals surface area contributed by atoms with Gasteiger partial charge >= 0.3 is 6.03 Å². The van der Waals surface area contributed by atoms with Crippen molar-refractivity contribution in [3.63, 3.8) is 0 Å². The van der Waals surface area contributed by atoms with Gasteiger partial charge in [0.1, 0.15) is 0 Å². The summed E-state index contributed by atoms with van der Waals surface area (Å²) < 4.78 is 28.2. The number of fused-ring (bicyclic) bond motifs is 1. The summed E-state index contributed by atoms with van der Waals surface area (Å²) in [6.07, 6.45) is 1.54. The van der Waals surface area contributed by atoms with Gasteiger partial charge in [-0.1, -0.05) is 19.1 Å². The zero-order valence-corrected chi connectivity index (χ0v) is 19.9. The molecular formula is C24H32N4O3S. The summed E-state index contributed by atoms with van der Waals surface area (Å²) in [5.74, 6) is 0. The van der Waals surface area contributed by atoms with E-state index >= 15 is 0 Å². The first-order chi connectivity index (χ1) is 15.3. The minimum absolute atomic E-state index is 0.122. The van der Waals surface area contributed by atoms with Crippen LogP contribution in [0.5, 0.6) is 0 Å². The van der Waals surface area contributed by atoms with Gasteiger partial charge in [0.25, 0.3) is 0 Å². The number of aryl methyl sites for hydroxylation is 1. The number of nitrogens with zero attached hydrogens (tertiary/aromatic N) is 3. The van der Waals surface area contributed by atoms with Gasteiger partial charge in [0.2, 0.25) is 10.0 Å². The molecule has 1 saturated heterocycles. The standard InChI is InChI=1S/C24H32N4O3S/c1-4-11-25-24(29)28-12-10-20-17-21(8-9-23(20)28)32(30,31)27-15-13-26(14-16-27)22-7-5-6-18(2)19(22)3/h5-9,17H,4,10-16H2,1-3H3,(H,25,29). The predicted molar refractivity (Wildman–Crippen MR) is 128 cm³/mol. The average molecular weight is 457 g/mol. The second-order valence-electron chi connectivity index (χ2n) is 8.53. The Morgan fingerprint density at radius 1 is 1.00 bits per heavy atom. The molecule has 2 aliphatic rings. The molecule has 172 valence electrons. The van der Waals surface area contributed by atoms with Gasteiger partial charge in [0.15, 0.2) is 0 Å². The topological polar surface area (TPSA) is 73.0 Å². The third kappa shape index (κ3) is 4.21. The van der Waals surface area contributed by atoms with E-state index in [1.807, 2.05) is 6.92 Å². The van der Waals surface area contributed by atoms with Crippen molar-refractivity contribution in [1.29, 1.82) is 0 Å². The van der Waals surface area contributed by atoms with E-state index in [1.54, 1.807) is 27.4 Å². The van der Waals surface area contributed by atoms with Crippen molar-refractivity contribution in [3.05, 3.63) is 53.1 Å². The van der Waals surface area contributed by atoms with Crippen molar-refractivity contribution >= 4 is 27.4 Å². The van der Waals surface area contributed by atoms with E-state index in [1.165, 1.54) is 16.8 Å². The lowest BCUT2D eigenvalue weighted by molar-refractivity contribution is 0.247. The summed E-state index contributed by atoms with van der Waals surface area (Å²) in [6.45, 7) is 9.67. The first-order valence-electron chi connectivity index (χ1n) is 11.3. The number of carbonyl (C=O) groups is 1. The SMILES string of the molecule is CCCNC(=O)N1CCc2cc(S(=O)(=O)N3CCN(c4cccc(C)c4C)CC3)ccc21. The summed E-state index contributed by atoms with van der Waals surface area (Å²) in [4.78, 5) is 16.7. The quantitative estimate of drug-likeness (QED) is 0.749. The fourth-order valence-electron chi connectivity index (χ4n) is 4.47. The van der Waals surface area contributed by atoms with Crippen molar-refractivity contribution in [3.8, 4) is 0 Å². The van der Waals surface area contributed by atoms with E-state index < -0.39 is 10.0 Å². The zero-order valence-electron chi connectivity index (χ0n) is 19.1. The first-order valence-corrected chi connectivity index (χ1v) is 12.8. The molecule has 0 spiro atoms. The highest BCUT2D eigenvalue weighted by molar-refractivity contribution is 7.89. The molecule has 0 saturated carbocycles. The molecule has 2 aromatic carbocycles. The summed E-state index contributed by atoms with van der Waals surface area (Å²) in [5, 5.41) is 2.89. The number of hydrogen-bond donors (Lipinski definition) is 1. The summed E-state index contributed by atoms with van der Waals surface area (Å²) in [6, 6.07) is 11.3. The number of benzene rings is 2. The Labute approximate surface area is 191 Å². The van der Waals surface area contributed by atoms with Crippen LogP contribution in [-0.2, 0) is 16.4 Å². The van der Waals surface area contributed by atoms with Crippen LogP contribution in [0.15, 0.2) is 41.3 Å². The Kier molecular flexibility index (Phi) is 6.44. The van der Waals surface area contributed by atoms with Gasteiger partial charge in [-0.25, -0.2) is 13.2 Å². The minimum Gasteiger partial charge on any atom is -0.369 e. The molecule has 0 bridgehead atoms. The number of nitrogens with one attached hydrogen (secondary N) is 1. The van der Waals surface area contributed by atoms with Gasteiger partial charge in [-0.05, 0) is 67.6 Å². The van der Waals surface area contributed by atoms with Gasteiger partial charge in [0.05, 0.1) is 4.90 Å². The summed E-state index contributed by atoms with van der Waals surface area (Å²) in [5.41, 5.74) is 5.38. The van der Waals surface area contributed by atoms with E-state index in [0.29, 0.717) is 50.6 Å². The van der Waals surface area contributed by atoms with Crippen LogP contribution < -0.4 is 15.1 Å². The number of urea groups is 1. The van der Waals surface area contributed by atoms with Crippen molar-refractivity contribution in [2.24, 2.45) is 0 Å². The molecule has 1 N–H and O–H groups in total. The maximum absolute atomic E-state index is 13.3. The molecule has 2 aromatic rings. The summed E-state index contributed by atoms with van der Waals surface area (Å²) >= 11 is 0. The van der Waals surface area contributed by atoms with Crippen LogP contribution in [0.1, 0.15) is 30.0 Å². The molecule has 0 radical (unpaired) electrons. The lowest BCUT2D eigenvalue weighted by atomic mass is 10.1. The Balaban J connectivity index is 1.47. The Hall–Kier alpha value is -2.58. The highest BCUT2D eigenvalue weighted by Gasteiger charge is 2.31. The maximum Gasteiger partial charge on any atom is 0.321 e. The van der Waals surface area contributed by atoms with Gasteiger partial charge in [-0.15, -0.1) is 0 Å². The highest BCUT2D eigenvalue weighted by atomic mass is 32.2. The Morgan fingerprint density at radius 3 is 2.47 bits per heavy atom. The number of rotatable bonds is 5. The smallest absolute Gasteiger partial charge is 0.321 e. The molecule has 2 amide bonds. The van der Waals surface area contributed by atoms with E-state index in [9.17, 15) is 13.2 Å². The summed E-state index contributed by atoms with van der Waals surface area (Å²) in [7, 11) is -3.57. The van der Waals surface area contributed by atoms with Crippen molar-refractivity contribution in [2.75, 3.05) is 49.1 Å². The van der Waals surface area contributed by atoms with E-state index in [0.717, 1.165) is 17.7 Å². The molecule has 4 rings (SSSR count). The largest absolute Gasteiger partial charge is 0.369 e. The third-order valence-corrected chi connectivity index (χ3v) is 8.41. The van der Waals surface area contributed by atoms with Crippen molar-refractivity contribution in [1.82, 2.24) is 9.62 Å². The molecule has 0 unspecified atom stereocenters. The second kappa shape index (κ2) is 9.11. The zero-order chi connectivity index (χ0) is 22.9. The van der Waals surface area contributed by atoms with Crippen LogP contribution in [0.4, 0.5) is 16.2 Å². The van der Waals surface area contributed by atoms with Crippen LogP contribution in [0.3, 0.4) is 0 Å². The number of carbonyl (C=O) groups excluding carboxylic acids is 1. The van der Waals surface area contributed by atoms with E-state index in [4.69, 9.17) is 0 Å². The number of sulfonamides is 1. The maximum atomic E-state index is 13.3. The van der Waals surface area contributed by atoms with Crippen LogP contribution in [0.2, 0.25) is 0 Å². The Morgan fingerprint density at radius 2 is 1.75 bits per heavy atom. The molecule has 1 fully saturated rings. The van der Waals surface area contributed by atoms with Gasteiger partial charge in [-0.2, -0.15) is 4.31 Å². The van der Waals surface area contributed by atoms with Crippen LogP contribution in [0.25, 0.3) is 0 Å². The molecule has 7 nitrogen and oxygen atoms in total. The van der Waals surface area contributed by atoms with Crippen LogP contribution in [0, 0.1) is 13.8 Å². The second-order valence-corrected chi connectivity index (χ2v) is 10.5. The minimum atomic E-state index is -3.57. The highest BCUT2D eigenvalue weighted by Crippen LogP contribution is 2.32. The number of piperazine rings is 1. The molecule has 0 atom stereocenters. The molecule has 2 heterocycles. The lowest BCUT2D eigenvalue weighted by Gasteiger charge is -2.36. The van der Waals surface area contributed by atoms with Gasteiger partial charge < -0.3 is 10.2 Å². The lowest BCUT2D eigenvalue weighted by Crippen LogP contribution is -2.48. The van der Waals surface area contributed by atoms with E-state index in [-0.39, 0.29) is 6.03 Å². The third-order valence-electron chi connectivity index (χ3n) is 6.51. The van der Waals surface area contributed by atoms with Crippen molar-refractivity contribution < 1.29 is 13.2 Å². The molecule has 0 aliphatic carbocycles. The average Bonchev–Trinajstić information content (AvgIpc) is 3.23. The Bertz CT molecular complexity index is 1110. The molecule has 0 aromatic heterocycles. The predicted octanol–water partition coefficient (Wildman–Crippen LogP) is 3.30. The van der Waals surface area contributed by atoms with Crippen LogP contribution in [-0.4, -0.2) is 58.0 Å². The van der Waals surface area contributed by atoms with Crippen molar-refractivity contribution in [2.45, 2.75) is 38.5 Å². The number of amides is 2. The normalized spacial score (nSPS) is 16.8. The fourth-order valence-corrected chi connectivity index (χ4v) is 5.95. The molecule has 2 aliphatic heterocycles. The van der Waals surface area contributed by atoms with Gasteiger partial charge in [0, 0.05) is 50.6 Å². The first kappa shape index (κ1) is 22.6.